The van der Waals surface area contributed by atoms with Crippen LogP contribution in [0.3, 0.4) is 0 Å². The Morgan fingerprint density at radius 3 is 2.28 bits per heavy atom. The maximum absolute atomic E-state index is 12.0. The minimum atomic E-state index is -1.29. The lowest BCUT2D eigenvalue weighted by molar-refractivity contribution is -0.255. The molecule has 5 nitrogen and oxygen atoms in total. The summed E-state index contributed by atoms with van der Waals surface area (Å²) < 4.78 is 5.48. The Bertz CT molecular complexity index is 773. The van der Waals surface area contributed by atoms with Gasteiger partial charge in [0.2, 0.25) is 0 Å². The van der Waals surface area contributed by atoms with Crippen LogP contribution < -0.4 is 15.2 Å². The second-order valence-corrected chi connectivity index (χ2v) is 6.93. The molecule has 1 amide bonds. The number of hydrogen-bond donors (Lipinski definition) is 1. The summed E-state index contributed by atoms with van der Waals surface area (Å²) in [5, 5.41) is 13.6. The highest BCUT2D eigenvalue weighted by Crippen LogP contribution is 2.24. The molecule has 0 saturated carbocycles. The molecule has 0 radical (unpaired) electrons. The van der Waals surface area contributed by atoms with E-state index in [1.807, 2.05) is 24.3 Å². The monoisotopic (exact) mass is 340 g/mol. The molecule has 2 aromatic carbocycles. The van der Waals surface area contributed by atoms with Crippen molar-refractivity contribution < 1.29 is 19.4 Å². The number of nitrogens with one attached hydrogen (secondary N) is 1. The molecule has 1 N–H and O–H groups in total. The fourth-order valence-corrected chi connectivity index (χ4v) is 2.27. The van der Waals surface area contributed by atoms with E-state index >= 15 is 0 Å². The fourth-order valence-electron chi connectivity index (χ4n) is 2.27. The van der Waals surface area contributed by atoms with Crippen molar-refractivity contribution in [2.45, 2.75) is 33.1 Å². The minimum absolute atomic E-state index is 0.0135. The van der Waals surface area contributed by atoms with Crippen LogP contribution in [0.5, 0.6) is 5.75 Å². The van der Waals surface area contributed by atoms with E-state index in [1.165, 1.54) is 17.7 Å². The Balaban J connectivity index is 1.97. The number of aryl methyl sites for hydroxylation is 1. The van der Waals surface area contributed by atoms with Gasteiger partial charge in [-0.2, -0.15) is 0 Å². The number of amides is 1. The molecule has 2 rings (SSSR count). The van der Waals surface area contributed by atoms with Gasteiger partial charge < -0.3 is 20.0 Å². The summed E-state index contributed by atoms with van der Waals surface area (Å²) in [7, 11) is 0. The molecule has 0 unspecified atom stereocenters. The van der Waals surface area contributed by atoms with Crippen molar-refractivity contribution in [3.8, 4) is 5.75 Å². The second-order valence-electron chi connectivity index (χ2n) is 6.93. The molecule has 0 fully saturated rings. The van der Waals surface area contributed by atoms with E-state index in [4.69, 9.17) is 4.74 Å². The van der Waals surface area contributed by atoms with Gasteiger partial charge in [0.15, 0.2) is 6.61 Å². The first-order chi connectivity index (χ1) is 11.7. The van der Waals surface area contributed by atoms with Crippen molar-refractivity contribution in [1.82, 2.24) is 0 Å². The third-order valence-electron chi connectivity index (χ3n) is 3.84. The minimum Gasteiger partial charge on any atom is -0.545 e. The van der Waals surface area contributed by atoms with Crippen LogP contribution >= 0.6 is 0 Å². The quantitative estimate of drug-likeness (QED) is 0.908. The highest BCUT2D eigenvalue weighted by molar-refractivity contribution is 5.95. The van der Waals surface area contributed by atoms with Gasteiger partial charge in [-0.3, -0.25) is 4.79 Å². The van der Waals surface area contributed by atoms with E-state index in [9.17, 15) is 14.7 Å². The number of carboxylic acids is 1. The molecule has 0 bridgehead atoms. The normalized spacial score (nSPS) is 11.0. The number of carbonyl (C=O) groups excluding carboxylic acids is 2. The lowest BCUT2D eigenvalue weighted by Crippen LogP contribution is -2.24. The Morgan fingerprint density at radius 1 is 1.08 bits per heavy atom. The fraction of sp³-hybridized carbons (Fsp3) is 0.300. The number of carbonyl (C=O) groups is 2. The summed E-state index contributed by atoms with van der Waals surface area (Å²) in [6, 6.07) is 12.0. The molecule has 2 aromatic rings. The number of aromatic carboxylic acids is 1. The molecule has 0 aliphatic rings. The first-order valence-electron chi connectivity index (χ1n) is 8.02. The molecule has 5 heteroatoms. The van der Waals surface area contributed by atoms with Gasteiger partial charge in [-0.15, -0.1) is 0 Å². The molecule has 0 atom stereocenters. The number of rotatable bonds is 5. The van der Waals surface area contributed by atoms with Gasteiger partial charge in [0.1, 0.15) is 5.75 Å². The predicted molar refractivity (Wildman–Crippen MR) is 94.8 cm³/mol. The van der Waals surface area contributed by atoms with Crippen molar-refractivity contribution in [3.05, 3.63) is 59.2 Å². The Morgan fingerprint density at radius 2 is 1.72 bits per heavy atom. The van der Waals surface area contributed by atoms with E-state index in [1.54, 1.807) is 13.0 Å². The number of hydrogen-bond acceptors (Lipinski definition) is 4. The summed E-state index contributed by atoms with van der Waals surface area (Å²) in [6.07, 6.45) is 0. The van der Waals surface area contributed by atoms with Gasteiger partial charge in [-0.25, -0.2) is 0 Å². The average molecular weight is 340 g/mol. The highest BCUT2D eigenvalue weighted by atomic mass is 16.5. The SMILES string of the molecule is Cc1ccc(C(=O)[O-])cc1NC(=O)COc1ccc(C(C)(C)C)cc1. The van der Waals surface area contributed by atoms with Crippen LogP contribution in [0.1, 0.15) is 42.3 Å². The zero-order valence-corrected chi connectivity index (χ0v) is 14.9. The van der Waals surface area contributed by atoms with Gasteiger partial charge >= 0.3 is 0 Å². The lowest BCUT2D eigenvalue weighted by atomic mass is 9.87. The third-order valence-corrected chi connectivity index (χ3v) is 3.84. The molecule has 0 aromatic heterocycles. The van der Waals surface area contributed by atoms with Crippen molar-refractivity contribution in [2.75, 3.05) is 11.9 Å². The van der Waals surface area contributed by atoms with Crippen molar-refractivity contribution >= 4 is 17.6 Å². The van der Waals surface area contributed by atoms with Gasteiger partial charge in [-0.05, 0) is 47.2 Å². The summed E-state index contributed by atoms with van der Waals surface area (Å²) in [5.41, 5.74) is 2.43. The second kappa shape index (κ2) is 7.38. The average Bonchev–Trinajstić information content (AvgIpc) is 2.54. The van der Waals surface area contributed by atoms with Crippen molar-refractivity contribution in [2.24, 2.45) is 0 Å². The summed E-state index contributed by atoms with van der Waals surface area (Å²) in [4.78, 5) is 23.0. The van der Waals surface area contributed by atoms with Gasteiger partial charge in [0, 0.05) is 5.69 Å². The number of benzene rings is 2. The van der Waals surface area contributed by atoms with E-state index in [2.05, 4.69) is 26.1 Å². The molecule has 0 aliphatic heterocycles. The van der Waals surface area contributed by atoms with Crippen LogP contribution in [0.25, 0.3) is 0 Å². The van der Waals surface area contributed by atoms with Crippen LogP contribution in [0.15, 0.2) is 42.5 Å². The molecule has 0 aliphatic carbocycles. The highest BCUT2D eigenvalue weighted by Gasteiger charge is 2.13. The lowest BCUT2D eigenvalue weighted by Gasteiger charge is -2.19. The van der Waals surface area contributed by atoms with E-state index < -0.39 is 5.97 Å². The smallest absolute Gasteiger partial charge is 0.262 e. The maximum Gasteiger partial charge on any atom is 0.262 e. The number of carboxylic acid groups (broad SMARTS) is 1. The van der Waals surface area contributed by atoms with Crippen LogP contribution in [0, 0.1) is 6.92 Å². The Labute approximate surface area is 147 Å². The Kier molecular flexibility index (Phi) is 5.47. The molecule has 132 valence electrons. The zero-order chi connectivity index (χ0) is 18.6. The topological polar surface area (TPSA) is 78.5 Å². The van der Waals surface area contributed by atoms with Crippen LogP contribution in [0.4, 0.5) is 5.69 Å². The van der Waals surface area contributed by atoms with E-state index in [-0.39, 0.29) is 23.5 Å². The van der Waals surface area contributed by atoms with Crippen LogP contribution in [0.2, 0.25) is 0 Å². The predicted octanol–water partition coefficient (Wildman–Crippen LogP) is 2.67. The first-order valence-corrected chi connectivity index (χ1v) is 8.02. The molecular formula is C20H22NO4-. The van der Waals surface area contributed by atoms with Gasteiger partial charge in [0.05, 0.1) is 5.97 Å². The molecule has 0 saturated heterocycles. The largest absolute Gasteiger partial charge is 0.545 e. The Hall–Kier alpha value is -2.82. The molecule has 0 spiro atoms. The van der Waals surface area contributed by atoms with Crippen molar-refractivity contribution in [3.63, 3.8) is 0 Å². The first kappa shape index (κ1) is 18.5. The van der Waals surface area contributed by atoms with E-state index in [0.717, 1.165) is 5.56 Å². The van der Waals surface area contributed by atoms with Gasteiger partial charge in [0.25, 0.3) is 5.91 Å². The summed E-state index contributed by atoms with van der Waals surface area (Å²) in [5.74, 6) is -1.05. The summed E-state index contributed by atoms with van der Waals surface area (Å²) in [6.45, 7) is 7.99. The third kappa shape index (κ3) is 5.08. The standard InChI is InChI=1S/C20H23NO4/c1-13-5-6-14(19(23)24)11-17(13)21-18(22)12-25-16-9-7-15(8-10-16)20(2,3)4/h5-11H,12H2,1-4H3,(H,21,22)(H,23,24)/p-1. The zero-order valence-electron chi connectivity index (χ0n) is 14.9. The maximum atomic E-state index is 12.0. The van der Waals surface area contributed by atoms with Crippen molar-refractivity contribution in [1.29, 1.82) is 0 Å². The number of anilines is 1. The van der Waals surface area contributed by atoms with Crippen LogP contribution in [-0.2, 0) is 10.2 Å². The molecule has 0 heterocycles. The van der Waals surface area contributed by atoms with Gasteiger partial charge in [-0.1, -0.05) is 45.0 Å². The molecule has 25 heavy (non-hydrogen) atoms. The van der Waals surface area contributed by atoms with E-state index in [0.29, 0.717) is 11.4 Å². The number of ether oxygens (including phenoxy) is 1. The van der Waals surface area contributed by atoms with Crippen LogP contribution in [-0.4, -0.2) is 18.5 Å². The summed E-state index contributed by atoms with van der Waals surface area (Å²) >= 11 is 0. The molecular weight excluding hydrogens is 318 g/mol.